The van der Waals surface area contributed by atoms with Gasteiger partial charge in [-0.25, -0.2) is 0 Å². The van der Waals surface area contributed by atoms with Crippen LogP contribution in [0.25, 0.3) is 33.7 Å². The second-order valence-corrected chi connectivity index (χ2v) is 28.8. The quantitative estimate of drug-likeness (QED) is 0.158. The van der Waals surface area contributed by atoms with E-state index in [1.165, 1.54) is 66.5 Å². The fourth-order valence-corrected chi connectivity index (χ4v) is 31.0. The molecule has 0 radical (unpaired) electrons. The zero-order chi connectivity index (χ0) is 25.7. The Morgan fingerprint density at radius 1 is 0.600 bits per heavy atom. The molecule has 40 heavy (non-hydrogen) atoms. The Hall–Kier alpha value is -1.67. The second kappa shape index (κ2) is 12.3. The Balaban J connectivity index is 0.00000161. The van der Waals surface area contributed by atoms with Crippen molar-refractivity contribution in [1.82, 2.24) is 0 Å². The maximum absolute atomic E-state index is 2.92. The van der Waals surface area contributed by atoms with Gasteiger partial charge in [0.25, 0.3) is 0 Å². The van der Waals surface area contributed by atoms with E-state index in [0.717, 1.165) is 7.35 Å². The molecule has 2 atom stereocenters. The molecule has 0 N–H and O–H groups in total. The van der Waals surface area contributed by atoms with Gasteiger partial charge in [0.2, 0.25) is 0 Å². The number of hydrogen-bond donors (Lipinski definition) is 0. The van der Waals surface area contributed by atoms with Crippen LogP contribution in [0.1, 0.15) is 88.4 Å². The summed E-state index contributed by atoms with van der Waals surface area (Å²) in [4.78, 5) is 0. The molecule has 2 aliphatic carbocycles. The predicted molar refractivity (Wildman–Crippen MR) is 177 cm³/mol. The summed E-state index contributed by atoms with van der Waals surface area (Å²) in [6, 6.07) is 28.2. The van der Waals surface area contributed by atoms with Crippen LogP contribution in [-0.2, 0) is 20.0 Å². The summed E-state index contributed by atoms with van der Waals surface area (Å²) in [7, 11) is 0. The molecule has 2 unspecified atom stereocenters. The molecule has 0 amide bonds. The molecule has 0 nitrogen and oxygen atoms in total. The number of allylic oxidation sites excluding steroid dienone is 2. The van der Waals surface area contributed by atoms with Crippen molar-refractivity contribution in [3.63, 3.8) is 0 Å². The monoisotopic (exact) mass is 736 g/mol. The maximum atomic E-state index is 2.68. The van der Waals surface area contributed by atoms with Crippen LogP contribution in [0.4, 0.5) is 0 Å². The Labute approximate surface area is 257 Å². The normalized spacial score (nSPS) is 20.1. The Kier molecular flexibility index (Phi) is 9.16. The summed E-state index contributed by atoms with van der Waals surface area (Å²) >= 11 is -2.92. The van der Waals surface area contributed by atoms with Crippen molar-refractivity contribution >= 4 is 58.5 Å². The van der Waals surface area contributed by atoms with Crippen LogP contribution in [0.5, 0.6) is 0 Å². The average Bonchev–Trinajstić information content (AvgIpc) is 3.50. The minimum atomic E-state index is -2.92. The minimum absolute atomic E-state index is 0. The van der Waals surface area contributed by atoms with E-state index in [0.29, 0.717) is 0 Å². The molecule has 7 rings (SSSR count). The van der Waals surface area contributed by atoms with Crippen LogP contribution in [0.3, 0.4) is 0 Å². The van der Waals surface area contributed by atoms with Crippen molar-refractivity contribution in [3.8, 4) is 0 Å². The van der Waals surface area contributed by atoms with E-state index < -0.39 is 20.0 Å². The van der Waals surface area contributed by atoms with Gasteiger partial charge in [0.15, 0.2) is 0 Å². The number of benzene rings is 4. The van der Waals surface area contributed by atoms with Crippen LogP contribution >= 0.6 is 24.8 Å². The van der Waals surface area contributed by atoms with Crippen LogP contribution in [0.15, 0.2) is 83.9 Å². The van der Waals surface area contributed by atoms with Crippen molar-refractivity contribution in [1.29, 1.82) is 0 Å². The summed E-state index contributed by atoms with van der Waals surface area (Å²) in [6.07, 6.45) is 14.6. The summed E-state index contributed by atoms with van der Waals surface area (Å²) in [5.41, 5.74) is 10.2. The number of unbranched alkanes of at least 4 members (excludes halogenated alkanes) is 2. The molecular weight excluding hydrogens is 694 g/mol. The fourth-order valence-electron chi connectivity index (χ4n) is 8.27. The molecule has 4 aromatic carbocycles. The molecule has 0 saturated carbocycles. The van der Waals surface area contributed by atoms with E-state index in [4.69, 9.17) is 0 Å². The number of hydrogen-bond acceptors (Lipinski definition) is 0. The van der Waals surface area contributed by atoms with Crippen LogP contribution in [-0.4, -0.2) is 0 Å². The number of fused-ring (bicyclic) bond motifs is 6. The van der Waals surface area contributed by atoms with Crippen molar-refractivity contribution in [2.24, 2.45) is 0 Å². The minimum Gasteiger partial charge on any atom is -0.147 e. The third kappa shape index (κ3) is 4.69. The molecule has 1 saturated heterocycles. The Morgan fingerprint density at radius 2 is 1.05 bits per heavy atom. The zero-order valence-electron chi connectivity index (χ0n) is 23.9. The van der Waals surface area contributed by atoms with Gasteiger partial charge in [-0.05, 0) is 0 Å². The SMILES string of the molecule is CCCCC1=Cc2c(ccc3ccccc23)[CH]1[Hf]1([CH]2C(CCCC)=Cc3c2ccc2ccccc32)[CH2]C[CH2]1.Cl.Cl. The molecule has 0 aromatic heterocycles. The van der Waals surface area contributed by atoms with E-state index in [-0.39, 0.29) is 24.8 Å². The largest absolute Gasteiger partial charge is 0.147 e. The molecule has 1 heterocycles. The summed E-state index contributed by atoms with van der Waals surface area (Å²) in [5, 5.41) is 5.75. The number of halogens is 2. The molecule has 3 heteroatoms. The smallest absolute Gasteiger partial charge is 0.147 e. The summed E-state index contributed by atoms with van der Waals surface area (Å²) in [5.74, 6) is 0. The van der Waals surface area contributed by atoms with Gasteiger partial charge in [-0.3, -0.25) is 0 Å². The molecule has 4 aromatic rings. The van der Waals surface area contributed by atoms with E-state index in [1.807, 2.05) is 11.1 Å². The first kappa shape index (κ1) is 29.8. The maximum Gasteiger partial charge on any atom is -0.147 e. The van der Waals surface area contributed by atoms with Gasteiger partial charge in [-0.1, -0.05) is 0 Å². The standard InChI is InChI=1S/2C17H17.C3H6.2ClH.Hf/c2*1-2-3-6-13-11-15-10-9-14-7-4-5-8-16(14)17(15)12-13;1-3-2;;;/h2*4-5,7-12H,2-3,6H2,1H3;1-3H2;2*1H;. The van der Waals surface area contributed by atoms with E-state index in [1.54, 1.807) is 30.6 Å². The molecule has 3 aliphatic rings. The molecule has 0 bridgehead atoms. The first-order valence-electron chi connectivity index (χ1n) is 15.2. The zero-order valence-corrected chi connectivity index (χ0v) is 29.1. The van der Waals surface area contributed by atoms with Crippen molar-refractivity contribution < 1.29 is 20.0 Å². The average molecular weight is 736 g/mol. The topological polar surface area (TPSA) is 0 Å². The first-order chi connectivity index (χ1) is 18.7. The molecule has 208 valence electrons. The van der Waals surface area contributed by atoms with Gasteiger partial charge in [-0.2, -0.15) is 0 Å². The molecular formula is C37H42Cl2Hf. The third-order valence-corrected chi connectivity index (χ3v) is 32.5. The fraction of sp³-hybridized carbons (Fsp3) is 0.351. The van der Waals surface area contributed by atoms with Crippen molar-refractivity contribution in [3.05, 3.63) is 106 Å². The van der Waals surface area contributed by atoms with E-state index >= 15 is 0 Å². The van der Waals surface area contributed by atoms with Crippen LogP contribution in [0, 0.1) is 0 Å². The van der Waals surface area contributed by atoms with Gasteiger partial charge >= 0.3 is 234 Å². The van der Waals surface area contributed by atoms with Gasteiger partial charge in [0, 0.05) is 0 Å². The van der Waals surface area contributed by atoms with Gasteiger partial charge < -0.3 is 0 Å². The Morgan fingerprint density at radius 3 is 1.45 bits per heavy atom. The van der Waals surface area contributed by atoms with Crippen molar-refractivity contribution in [2.75, 3.05) is 0 Å². The molecule has 1 fully saturated rings. The summed E-state index contributed by atoms with van der Waals surface area (Å²) < 4.78 is 4.64. The number of rotatable bonds is 8. The van der Waals surface area contributed by atoms with Gasteiger partial charge in [-0.15, -0.1) is 24.8 Å². The molecule has 1 aliphatic heterocycles. The van der Waals surface area contributed by atoms with Crippen LogP contribution in [0.2, 0.25) is 8.35 Å². The Bertz CT molecular complexity index is 1480. The van der Waals surface area contributed by atoms with E-state index in [9.17, 15) is 0 Å². The third-order valence-electron chi connectivity index (χ3n) is 10.1. The van der Waals surface area contributed by atoms with Gasteiger partial charge in [0.05, 0.1) is 0 Å². The first-order valence-corrected chi connectivity index (χ1v) is 24.4. The van der Waals surface area contributed by atoms with Gasteiger partial charge in [0.1, 0.15) is 0 Å². The van der Waals surface area contributed by atoms with Crippen molar-refractivity contribution in [2.45, 2.75) is 74.5 Å². The van der Waals surface area contributed by atoms with Crippen LogP contribution < -0.4 is 0 Å². The molecule has 0 spiro atoms. The van der Waals surface area contributed by atoms with E-state index in [2.05, 4.69) is 98.8 Å². The second-order valence-electron chi connectivity index (χ2n) is 12.2. The summed E-state index contributed by atoms with van der Waals surface area (Å²) in [6.45, 7) is 4.72. The predicted octanol–water partition coefficient (Wildman–Crippen LogP) is 12.2.